The molecule has 0 aliphatic heterocycles. The lowest BCUT2D eigenvalue weighted by atomic mass is 10.1. The minimum absolute atomic E-state index is 0.296. The first-order chi connectivity index (χ1) is 14.1. The lowest BCUT2D eigenvalue weighted by Crippen LogP contribution is -2.13. The van der Waals surface area contributed by atoms with Gasteiger partial charge in [0.1, 0.15) is 11.6 Å². The molecular formula is C23H17FN2O3. The predicted octanol–water partition coefficient (Wildman–Crippen LogP) is 5.41. The molecule has 6 heteroatoms. The number of ether oxygens (including phenoxy) is 1. The summed E-state index contributed by atoms with van der Waals surface area (Å²) in [5, 5.41) is 2.86. The average molecular weight is 388 g/mol. The molecule has 0 unspecified atom stereocenters. The molecule has 0 atom stereocenters. The van der Waals surface area contributed by atoms with E-state index in [2.05, 4.69) is 10.3 Å². The number of aromatic nitrogens is 1. The second-order valence-electron chi connectivity index (χ2n) is 6.27. The Balaban J connectivity index is 1.63. The highest BCUT2D eigenvalue weighted by Gasteiger charge is 2.17. The van der Waals surface area contributed by atoms with Gasteiger partial charge in [0, 0.05) is 22.9 Å². The number of hydrogen-bond acceptors (Lipinski definition) is 4. The summed E-state index contributed by atoms with van der Waals surface area (Å²) in [4.78, 5) is 17.2. The van der Waals surface area contributed by atoms with Crippen LogP contribution in [0.2, 0.25) is 0 Å². The molecule has 1 aromatic heterocycles. The molecule has 0 saturated carbocycles. The molecule has 5 nitrogen and oxygen atoms in total. The first-order valence-electron chi connectivity index (χ1n) is 8.90. The number of amides is 1. The minimum atomic E-state index is -0.326. The van der Waals surface area contributed by atoms with Gasteiger partial charge >= 0.3 is 0 Å². The number of nitrogens with one attached hydrogen (secondary N) is 1. The zero-order valence-electron chi connectivity index (χ0n) is 15.6. The molecular weight excluding hydrogens is 371 g/mol. The Kier molecular flexibility index (Phi) is 5.07. The highest BCUT2D eigenvalue weighted by atomic mass is 19.1. The van der Waals surface area contributed by atoms with Crippen LogP contribution in [0.1, 0.15) is 10.4 Å². The number of carbonyl (C=O) groups is 1. The van der Waals surface area contributed by atoms with Gasteiger partial charge in [-0.15, -0.1) is 0 Å². The highest BCUT2D eigenvalue weighted by molar-refractivity contribution is 6.08. The van der Waals surface area contributed by atoms with Gasteiger partial charge in [0.2, 0.25) is 5.89 Å². The predicted molar refractivity (Wildman–Crippen MR) is 108 cm³/mol. The fourth-order valence-electron chi connectivity index (χ4n) is 2.91. The standard InChI is InChI=1S/C23H17FN2O3/c1-28-18-6-4-5-17(13-18)26-22(27)19-7-2-3-8-20(19)23-25-14-21(29-23)15-9-11-16(24)12-10-15/h2-14H,1H3,(H,26,27). The Labute approximate surface area is 166 Å². The average Bonchev–Trinajstić information content (AvgIpc) is 3.24. The van der Waals surface area contributed by atoms with Crippen molar-refractivity contribution in [3.05, 3.63) is 90.4 Å². The number of rotatable bonds is 5. The Morgan fingerprint density at radius 2 is 1.83 bits per heavy atom. The van der Waals surface area contributed by atoms with Crippen molar-refractivity contribution in [3.8, 4) is 28.5 Å². The van der Waals surface area contributed by atoms with E-state index in [1.165, 1.54) is 12.1 Å². The van der Waals surface area contributed by atoms with Crippen LogP contribution in [0.3, 0.4) is 0 Å². The molecule has 0 fully saturated rings. The topological polar surface area (TPSA) is 64.4 Å². The fraction of sp³-hybridized carbons (Fsp3) is 0.0435. The van der Waals surface area contributed by atoms with Gasteiger partial charge in [-0.1, -0.05) is 18.2 Å². The van der Waals surface area contributed by atoms with E-state index in [1.54, 1.807) is 74.0 Å². The SMILES string of the molecule is COc1cccc(NC(=O)c2ccccc2-c2ncc(-c3ccc(F)cc3)o2)c1. The van der Waals surface area contributed by atoms with Gasteiger partial charge in [0.05, 0.1) is 18.9 Å². The minimum Gasteiger partial charge on any atom is -0.497 e. The largest absolute Gasteiger partial charge is 0.497 e. The fourth-order valence-corrected chi connectivity index (χ4v) is 2.91. The van der Waals surface area contributed by atoms with Gasteiger partial charge in [0.15, 0.2) is 5.76 Å². The highest BCUT2D eigenvalue weighted by Crippen LogP contribution is 2.29. The first kappa shape index (κ1) is 18.4. The maximum absolute atomic E-state index is 13.1. The van der Waals surface area contributed by atoms with Crippen LogP contribution < -0.4 is 10.1 Å². The molecule has 0 bridgehead atoms. The number of hydrogen-bond donors (Lipinski definition) is 1. The molecule has 1 heterocycles. The van der Waals surface area contributed by atoms with Crippen LogP contribution in [0.15, 0.2) is 83.4 Å². The summed E-state index contributed by atoms with van der Waals surface area (Å²) >= 11 is 0. The molecule has 0 aliphatic carbocycles. The summed E-state index contributed by atoms with van der Waals surface area (Å²) in [7, 11) is 1.57. The Bertz CT molecular complexity index is 1150. The zero-order valence-corrected chi connectivity index (χ0v) is 15.6. The maximum atomic E-state index is 13.1. The molecule has 1 N–H and O–H groups in total. The summed E-state index contributed by atoms with van der Waals surface area (Å²) in [5.41, 5.74) is 2.29. The number of oxazole rings is 1. The van der Waals surface area contributed by atoms with Crippen molar-refractivity contribution in [1.82, 2.24) is 4.98 Å². The number of nitrogens with zero attached hydrogens (tertiary/aromatic N) is 1. The third-order valence-electron chi connectivity index (χ3n) is 4.36. The van der Waals surface area contributed by atoms with Crippen LogP contribution in [-0.4, -0.2) is 18.0 Å². The van der Waals surface area contributed by atoms with E-state index in [-0.39, 0.29) is 11.7 Å². The van der Waals surface area contributed by atoms with E-state index in [1.807, 2.05) is 0 Å². The Hall–Kier alpha value is -3.93. The van der Waals surface area contributed by atoms with Gasteiger partial charge < -0.3 is 14.5 Å². The third-order valence-corrected chi connectivity index (χ3v) is 4.36. The van der Waals surface area contributed by atoms with Gasteiger partial charge in [-0.2, -0.15) is 0 Å². The summed E-state index contributed by atoms with van der Waals surface area (Å²) in [5.74, 6) is 0.819. The lowest BCUT2D eigenvalue weighted by Gasteiger charge is -2.09. The van der Waals surface area contributed by atoms with Gasteiger partial charge in [0.25, 0.3) is 5.91 Å². The number of halogens is 1. The van der Waals surface area contributed by atoms with Crippen molar-refractivity contribution in [2.24, 2.45) is 0 Å². The lowest BCUT2D eigenvalue weighted by molar-refractivity contribution is 0.102. The van der Waals surface area contributed by atoms with Gasteiger partial charge in [-0.3, -0.25) is 4.79 Å². The molecule has 4 rings (SSSR count). The summed E-state index contributed by atoms with van der Waals surface area (Å²) < 4.78 is 24.2. The molecule has 0 spiro atoms. The van der Waals surface area contributed by atoms with E-state index < -0.39 is 0 Å². The Morgan fingerprint density at radius 3 is 2.62 bits per heavy atom. The third kappa shape index (κ3) is 4.01. The van der Waals surface area contributed by atoms with E-state index in [0.717, 1.165) is 0 Å². The van der Waals surface area contributed by atoms with E-state index in [0.29, 0.717) is 39.8 Å². The second kappa shape index (κ2) is 7.98. The number of benzene rings is 3. The van der Waals surface area contributed by atoms with Crippen molar-refractivity contribution in [1.29, 1.82) is 0 Å². The molecule has 3 aromatic carbocycles. The molecule has 29 heavy (non-hydrogen) atoms. The number of anilines is 1. The normalized spacial score (nSPS) is 10.6. The van der Waals surface area contributed by atoms with Crippen LogP contribution in [0.4, 0.5) is 10.1 Å². The molecule has 1 amide bonds. The second-order valence-corrected chi connectivity index (χ2v) is 6.27. The van der Waals surface area contributed by atoms with Crippen molar-refractivity contribution in [2.75, 3.05) is 12.4 Å². The molecule has 144 valence electrons. The van der Waals surface area contributed by atoms with E-state index >= 15 is 0 Å². The Morgan fingerprint density at radius 1 is 1.03 bits per heavy atom. The first-order valence-corrected chi connectivity index (χ1v) is 8.90. The van der Waals surface area contributed by atoms with Crippen molar-refractivity contribution >= 4 is 11.6 Å². The summed E-state index contributed by atoms with van der Waals surface area (Å²) in [6.45, 7) is 0. The number of carbonyl (C=O) groups excluding carboxylic acids is 1. The van der Waals surface area contributed by atoms with Crippen LogP contribution >= 0.6 is 0 Å². The van der Waals surface area contributed by atoms with Crippen molar-refractivity contribution in [3.63, 3.8) is 0 Å². The zero-order chi connectivity index (χ0) is 20.2. The quantitative estimate of drug-likeness (QED) is 0.497. The van der Waals surface area contributed by atoms with Crippen LogP contribution in [0, 0.1) is 5.82 Å². The molecule has 0 aliphatic rings. The van der Waals surface area contributed by atoms with Crippen molar-refractivity contribution < 1.29 is 18.3 Å². The molecule has 0 radical (unpaired) electrons. The summed E-state index contributed by atoms with van der Waals surface area (Å²) in [6, 6.07) is 20.1. The van der Waals surface area contributed by atoms with Crippen LogP contribution in [0.5, 0.6) is 5.75 Å². The summed E-state index contributed by atoms with van der Waals surface area (Å²) in [6.07, 6.45) is 1.55. The maximum Gasteiger partial charge on any atom is 0.256 e. The monoisotopic (exact) mass is 388 g/mol. The molecule has 4 aromatic rings. The van der Waals surface area contributed by atoms with E-state index in [4.69, 9.17) is 9.15 Å². The van der Waals surface area contributed by atoms with Gasteiger partial charge in [-0.25, -0.2) is 9.37 Å². The van der Waals surface area contributed by atoms with Gasteiger partial charge in [-0.05, 0) is 48.5 Å². The van der Waals surface area contributed by atoms with E-state index in [9.17, 15) is 9.18 Å². The van der Waals surface area contributed by atoms with Crippen molar-refractivity contribution in [2.45, 2.75) is 0 Å². The van der Waals surface area contributed by atoms with Crippen LogP contribution in [-0.2, 0) is 0 Å². The number of methoxy groups -OCH3 is 1. The smallest absolute Gasteiger partial charge is 0.256 e. The van der Waals surface area contributed by atoms with Crippen LogP contribution in [0.25, 0.3) is 22.8 Å². The molecule has 0 saturated heterocycles.